The summed E-state index contributed by atoms with van der Waals surface area (Å²) in [4.78, 5) is 49.6. The smallest absolute Gasteiger partial charge is 0.408 e. The minimum Gasteiger partial charge on any atom is -0.466 e. The van der Waals surface area contributed by atoms with Gasteiger partial charge < -0.3 is 25.0 Å². The zero-order valence-electron chi connectivity index (χ0n) is 22.9. The molecule has 0 saturated heterocycles. The predicted molar refractivity (Wildman–Crippen MR) is 140 cm³/mol. The van der Waals surface area contributed by atoms with E-state index in [1.54, 1.807) is 51.8 Å². The van der Waals surface area contributed by atoms with Gasteiger partial charge in [0.15, 0.2) is 0 Å². The lowest BCUT2D eigenvalue weighted by Gasteiger charge is -2.25. The Hall–Kier alpha value is -3.10. The molecule has 202 valence electrons. The topological polar surface area (TPSA) is 114 Å². The average molecular weight is 506 g/mol. The van der Waals surface area contributed by atoms with Gasteiger partial charge in [-0.25, -0.2) is 4.79 Å². The van der Waals surface area contributed by atoms with Crippen LogP contribution in [0.25, 0.3) is 0 Å². The van der Waals surface area contributed by atoms with Gasteiger partial charge in [-0.3, -0.25) is 14.4 Å². The van der Waals surface area contributed by atoms with Gasteiger partial charge in [-0.15, -0.1) is 0 Å². The van der Waals surface area contributed by atoms with E-state index >= 15 is 0 Å². The second-order valence-corrected chi connectivity index (χ2v) is 10.6. The fraction of sp³-hybridized carbons (Fsp3) is 0.630. The van der Waals surface area contributed by atoms with Gasteiger partial charge >= 0.3 is 12.1 Å². The first-order valence-electron chi connectivity index (χ1n) is 12.5. The van der Waals surface area contributed by atoms with Crippen molar-refractivity contribution in [3.05, 3.63) is 29.8 Å². The normalized spacial score (nSPS) is 11.4. The number of carbonyl (C=O) groups is 4. The third kappa shape index (κ3) is 13.7. The van der Waals surface area contributed by atoms with Crippen LogP contribution in [0.2, 0.25) is 0 Å². The van der Waals surface area contributed by atoms with E-state index in [2.05, 4.69) is 24.5 Å². The number of anilines is 1. The van der Waals surface area contributed by atoms with Gasteiger partial charge in [-0.2, -0.15) is 0 Å². The SMILES string of the molecule is CCOC(=O)CCC(C)(C)CCC(=O)N(C)CCc1ccc(NC(=O)CNC(=O)OC(C)(C)C)cc1. The lowest BCUT2D eigenvalue weighted by Crippen LogP contribution is -2.37. The highest BCUT2D eigenvalue weighted by atomic mass is 16.6. The Morgan fingerprint density at radius 3 is 2.14 bits per heavy atom. The molecular weight excluding hydrogens is 462 g/mol. The molecule has 0 aliphatic rings. The van der Waals surface area contributed by atoms with E-state index in [1.807, 2.05) is 12.1 Å². The number of carbonyl (C=O) groups excluding carboxylic acids is 4. The molecule has 0 bridgehead atoms. The molecule has 2 N–H and O–H groups in total. The summed E-state index contributed by atoms with van der Waals surface area (Å²) in [7, 11) is 1.79. The molecule has 1 rings (SSSR count). The number of rotatable bonds is 13. The van der Waals surface area contributed by atoms with Crippen LogP contribution in [0.15, 0.2) is 24.3 Å². The molecule has 0 aliphatic carbocycles. The van der Waals surface area contributed by atoms with Crippen LogP contribution in [0.1, 0.15) is 72.8 Å². The molecule has 0 saturated carbocycles. The predicted octanol–water partition coefficient (Wildman–Crippen LogP) is 4.30. The average Bonchev–Trinajstić information content (AvgIpc) is 2.78. The maximum absolute atomic E-state index is 12.6. The number of hydrogen-bond acceptors (Lipinski definition) is 6. The molecule has 9 nitrogen and oxygen atoms in total. The molecule has 1 aromatic rings. The molecule has 36 heavy (non-hydrogen) atoms. The quantitative estimate of drug-likeness (QED) is 0.386. The monoisotopic (exact) mass is 505 g/mol. The van der Waals surface area contributed by atoms with Crippen LogP contribution in [0, 0.1) is 5.41 Å². The Kier molecular flexibility index (Phi) is 12.4. The number of nitrogens with one attached hydrogen (secondary N) is 2. The van der Waals surface area contributed by atoms with Crippen molar-refractivity contribution in [2.75, 3.05) is 32.1 Å². The van der Waals surface area contributed by atoms with Gasteiger partial charge in [0.2, 0.25) is 11.8 Å². The van der Waals surface area contributed by atoms with Crippen molar-refractivity contribution in [3.8, 4) is 0 Å². The third-order valence-corrected chi connectivity index (χ3v) is 5.52. The second kappa shape index (κ2) is 14.5. The minimum absolute atomic E-state index is 0.0700. The fourth-order valence-electron chi connectivity index (χ4n) is 3.28. The molecule has 1 aromatic carbocycles. The molecule has 0 fully saturated rings. The number of nitrogens with zero attached hydrogens (tertiary/aromatic N) is 1. The second-order valence-electron chi connectivity index (χ2n) is 10.6. The number of benzene rings is 1. The van der Waals surface area contributed by atoms with Gasteiger partial charge in [0.25, 0.3) is 0 Å². The molecule has 0 aliphatic heterocycles. The van der Waals surface area contributed by atoms with E-state index in [0.29, 0.717) is 50.9 Å². The Bertz CT molecular complexity index is 874. The molecule has 0 atom stereocenters. The maximum atomic E-state index is 12.6. The zero-order chi connectivity index (χ0) is 27.4. The summed E-state index contributed by atoms with van der Waals surface area (Å²) < 4.78 is 10.1. The highest BCUT2D eigenvalue weighted by Crippen LogP contribution is 2.28. The Balaban J connectivity index is 2.39. The molecule has 0 spiro atoms. The Morgan fingerprint density at radius 1 is 0.944 bits per heavy atom. The van der Waals surface area contributed by atoms with Gasteiger partial charge in [0, 0.05) is 32.1 Å². The molecule has 0 aromatic heterocycles. The van der Waals surface area contributed by atoms with Crippen molar-refractivity contribution in [2.24, 2.45) is 5.41 Å². The van der Waals surface area contributed by atoms with Crippen LogP contribution >= 0.6 is 0 Å². The summed E-state index contributed by atoms with van der Waals surface area (Å²) in [6.45, 7) is 11.9. The van der Waals surface area contributed by atoms with E-state index in [1.165, 1.54) is 0 Å². The summed E-state index contributed by atoms with van der Waals surface area (Å²) in [6, 6.07) is 7.37. The molecule has 0 unspecified atom stereocenters. The van der Waals surface area contributed by atoms with E-state index in [-0.39, 0.29) is 29.7 Å². The lowest BCUT2D eigenvalue weighted by atomic mass is 9.83. The molecule has 9 heteroatoms. The number of ether oxygens (including phenoxy) is 2. The highest BCUT2D eigenvalue weighted by molar-refractivity contribution is 5.93. The third-order valence-electron chi connectivity index (χ3n) is 5.52. The van der Waals surface area contributed by atoms with Crippen molar-refractivity contribution in [2.45, 2.75) is 79.2 Å². The first kappa shape index (κ1) is 30.9. The number of likely N-dealkylation sites (N-methyl/N-ethyl adjacent to an activating group) is 1. The zero-order valence-corrected chi connectivity index (χ0v) is 22.9. The van der Waals surface area contributed by atoms with Crippen LogP contribution in [-0.2, 0) is 30.3 Å². The van der Waals surface area contributed by atoms with Crippen molar-refractivity contribution >= 4 is 29.6 Å². The van der Waals surface area contributed by atoms with Crippen LogP contribution < -0.4 is 10.6 Å². The molecule has 0 radical (unpaired) electrons. The molecular formula is C27H43N3O6. The molecule has 0 heterocycles. The number of esters is 1. The lowest BCUT2D eigenvalue weighted by molar-refractivity contribution is -0.143. The van der Waals surface area contributed by atoms with Gasteiger partial charge in [0.05, 0.1) is 6.61 Å². The summed E-state index contributed by atoms with van der Waals surface area (Å²) in [5.74, 6) is -0.484. The first-order chi connectivity index (χ1) is 16.7. The number of amides is 3. The minimum atomic E-state index is -0.646. The van der Waals surface area contributed by atoms with Crippen molar-refractivity contribution in [1.29, 1.82) is 0 Å². The van der Waals surface area contributed by atoms with Crippen molar-refractivity contribution in [3.63, 3.8) is 0 Å². The summed E-state index contributed by atoms with van der Waals surface area (Å²) in [5, 5.41) is 5.14. The first-order valence-corrected chi connectivity index (χ1v) is 12.5. The van der Waals surface area contributed by atoms with E-state index in [0.717, 1.165) is 5.56 Å². The van der Waals surface area contributed by atoms with E-state index < -0.39 is 11.7 Å². The Labute approximate surface area is 215 Å². The maximum Gasteiger partial charge on any atom is 0.408 e. The van der Waals surface area contributed by atoms with Gasteiger partial charge in [-0.05, 0) is 70.1 Å². The standard InChI is InChI=1S/C27H43N3O6/c1-8-35-24(33)14-17-27(5,6)16-13-23(32)30(7)18-15-20-9-11-21(12-10-20)29-22(31)19-28-25(34)36-26(2,3)4/h9-12H,8,13-19H2,1-7H3,(H,28,34)(H,29,31). The van der Waals surface area contributed by atoms with Crippen LogP contribution in [0.5, 0.6) is 0 Å². The van der Waals surface area contributed by atoms with Crippen LogP contribution in [-0.4, -0.2) is 61.1 Å². The van der Waals surface area contributed by atoms with Gasteiger partial charge in [0.1, 0.15) is 12.1 Å². The van der Waals surface area contributed by atoms with Crippen LogP contribution in [0.3, 0.4) is 0 Å². The van der Waals surface area contributed by atoms with Crippen molar-refractivity contribution in [1.82, 2.24) is 10.2 Å². The summed E-state index contributed by atoms with van der Waals surface area (Å²) >= 11 is 0. The highest BCUT2D eigenvalue weighted by Gasteiger charge is 2.22. The Morgan fingerprint density at radius 2 is 1.56 bits per heavy atom. The van der Waals surface area contributed by atoms with E-state index in [4.69, 9.17) is 9.47 Å². The summed E-state index contributed by atoms with van der Waals surface area (Å²) in [5.41, 5.74) is 0.904. The number of hydrogen-bond donors (Lipinski definition) is 2. The summed E-state index contributed by atoms with van der Waals surface area (Å²) in [6.07, 6.45) is 2.21. The van der Waals surface area contributed by atoms with E-state index in [9.17, 15) is 19.2 Å². The van der Waals surface area contributed by atoms with Crippen LogP contribution in [0.4, 0.5) is 10.5 Å². The number of alkyl carbamates (subject to hydrolysis) is 1. The largest absolute Gasteiger partial charge is 0.466 e. The molecule has 3 amide bonds. The fourth-order valence-corrected chi connectivity index (χ4v) is 3.28. The van der Waals surface area contributed by atoms with Crippen molar-refractivity contribution < 1.29 is 28.7 Å². The van der Waals surface area contributed by atoms with Gasteiger partial charge in [-0.1, -0.05) is 26.0 Å².